The topological polar surface area (TPSA) is 78.3 Å². The lowest BCUT2D eigenvalue weighted by atomic mass is 10.1. The second kappa shape index (κ2) is 6.64. The molecule has 0 aliphatic rings. The molecule has 7 heteroatoms. The molecule has 0 saturated carbocycles. The molecule has 126 valence electrons. The van der Waals surface area contributed by atoms with E-state index in [-0.39, 0.29) is 16.8 Å². The van der Waals surface area contributed by atoms with Gasteiger partial charge in [-0.3, -0.25) is 9.59 Å². The van der Waals surface area contributed by atoms with Crippen molar-refractivity contribution in [2.24, 2.45) is 7.05 Å². The molecule has 1 heterocycles. The summed E-state index contributed by atoms with van der Waals surface area (Å²) in [7, 11) is 1.41. The van der Waals surface area contributed by atoms with Crippen LogP contribution in [0, 0.1) is 5.82 Å². The number of Topliss-reactive ketones (excluding diaryl/α,β-unsaturated/α-hetero) is 1. The van der Waals surface area contributed by atoms with Crippen molar-refractivity contribution in [2.45, 2.75) is 0 Å². The summed E-state index contributed by atoms with van der Waals surface area (Å²) < 4.78 is 19.6. The van der Waals surface area contributed by atoms with Crippen molar-refractivity contribution in [3.8, 4) is 0 Å². The van der Waals surface area contributed by atoms with E-state index in [4.69, 9.17) is 4.74 Å². The number of aromatic nitrogens is 2. The maximum atomic E-state index is 13.6. The van der Waals surface area contributed by atoms with Gasteiger partial charge in [0.05, 0.1) is 10.9 Å². The molecule has 0 aliphatic heterocycles. The Kier molecular flexibility index (Phi) is 4.38. The maximum Gasteiger partial charge on any atom is 0.359 e. The fourth-order valence-corrected chi connectivity index (χ4v) is 2.42. The van der Waals surface area contributed by atoms with Crippen LogP contribution in [0.5, 0.6) is 0 Å². The van der Waals surface area contributed by atoms with Gasteiger partial charge in [0.25, 0.3) is 5.56 Å². The molecule has 0 spiro atoms. The summed E-state index contributed by atoms with van der Waals surface area (Å²) in [5, 5.41) is 4.55. The zero-order valence-corrected chi connectivity index (χ0v) is 13.2. The molecular formula is C18H13FN2O4. The molecule has 1 aromatic heterocycles. The van der Waals surface area contributed by atoms with Crippen molar-refractivity contribution in [3.63, 3.8) is 0 Å². The van der Waals surface area contributed by atoms with E-state index in [1.165, 1.54) is 25.2 Å². The van der Waals surface area contributed by atoms with Gasteiger partial charge in [0.2, 0.25) is 5.78 Å². The second-order valence-corrected chi connectivity index (χ2v) is 5.30. The van der Waals surface area contributed by atoms with Crippen LogP contribution in [-0.4, -0.2) is 28.1 Å². The van der Waals surface area contributed by atoms with E-state index in [0.717, 1.165) is 10.7 Å². The molecule has 0 unspecified atom stereocenters. The lowest BCUT2D eigenvalue weighted by molar-refractivity contribution is 0.0467. The number of carbonyl (C=O) groups is 2. The molecule has 0 atom stereocenters. The average Bonchev–Trinajstić information content (AvgIpc) is 2.63. The Labute approximate surface area is 141 Å². The minimum absolute atomic E-state index is 0.0842. The number of ketones is 1. The van der Waals surface area contributed by atoms with Gasteiger partial charge in [-0.2, -0.15) is 5.10 Å². The van der Waals surface area contributed by atoms with Gasteiger partial charge < -0.3 is 4.74 Å². The third-order valence-corrected chi connectivity index (χ3v) is 3.66. The van der Waals surface area contributed by atoms with Crippen LogP contribution in [0.1, 0.15) is 20.8 Å². The summed E-state index contributed by atoms with van der Waals surface area (Å²) in [6.45, 7) is -0.626. The Hall–Kier alpha value is -3.35. The Morgan fingerprint density at radius 2 is 1.72 bits per heavy atom. The van der Waals surface area contributed by atoms with Crippen molar-refractivity contribution >= 4 is 22.5 Å². The number of hydrogen-bond acceptors (Lipinski definition) is 5. The van der Waals surface area contributed by atoms with Crippen LogP contribution in [0.4, 0.5) is 4.39 Å². The van der Waals surface area contributed by atoms with Crippen molar-refractivity contribution in [3.05, 3.63) is 76.0 Å². The second-order valence-electron chi connectivity index (χ2n) is 5.30. The highest BCUT2D eigenvalue weighted by Crippen LogP contribution is 2.14. The van der Waals surface area contributed by atoms with Crippen molar-refractivity contribution in [1.29, 1.82) is 0 Å². The molecule has 2 aromatic carbocycles. The Morgan fingerprint density at radius 3 is 2.44 bits per heavy atom. The largest absolute Gasteiger partial charge is 0.452 e. The van der Waals surface area contributed by atoms with Crippen LogP contribution in [-0.2, 0) is 11.8 Å². The first-order chi connectivity index (χ1) is 12.0. The zero-order valence-electron chi connectivity index (χ0n) is 13.2. The number of hydrogen-bond donors (Lipinski definition) is 0. The first kappa shape index (κ1) is 16.5. The summed E-state index contributed by atoms with van der Waals surface area (Å²) in [4.78, 5) is 36.3. The number of benzene rings is 2. The Morgan fingerprint density at radius 1 is 1.08 bits per heavy atom. The highest BCUT2D eigenvalue weighted by Gasteiger charge is 2.19. The Balaban J connectivity index is 1.86. The molecule has 0 N–H and O–H groups in total. The summed E-state index contributed by atoms with van der Waals surface area (Å²) in [5.74, 6) is -2.22. The molecule has 0 fully saturated rings. The number of esters is 1. The predicted octanol–water partition coefficient (Wildman–Crippen LogP) is 2.11. The number of halogens is 1. The summed E-state index contributed by atoms with van der Waals surface area (Å²) in [5.41, 5.74) is -0.595. The molecule has 3 rings (SSSR count). The standard InChI is InChI=1S/C18H13FN2O4/c1-21-17(23)12-7-3-2-6-11(12)16(20-21)18(24)25-10-15(22)13-8-4-5-9-14(13)19/h2-9H,10H2,1H3. The fourth-order valence-electron chi connectivity index (χ4n) is 2.42. The van der Waals surface area contributed by atoms with Crippen LogP contribution >= 0.6 is 0 Å². The molecule has 0 bridgehead atoms. The minimum atomic E-state index is -0.864. The molecular weight excluding hydrogens is 327 g/mol. The van der Waals surface area contributed by atoms with E-state index in [2.05, 4.69) is 5.10 Å². The maximum absolute atomic E-state index is 13.6. The molecule has 0 aliphatic carbocycles. The van der Waals surface area contributed by atoms with Gasteiger partial charge in [-0.1, -0.05) is 30.3 Å². The SMILES string of the molecule is Cn1nc(C(=O)OCC(=O)c2ccccc2F)c2ccccc2c1=O. The predicted molar refractivity (Wildman–Crippen MR) is 88.0 cm³/mol. The first-order valence-corrected chi connectivity index (χ1v) is 7.40. The van der Waals surface area contributed by atoms with Crippen LogP contribution in [0.3, 0.4) is 0 Å². The smallest absolute Gasteiger partial charge is 0.359 e. The number of fused-ring (bicyclic) bond motifs is 1. The Bertz CT molecular complexity index is 1040. The van der Waals surface area contributed by atoms with Crippen molar-refractivity contribution < 1.29 is 18.7 Å². The van der Waals surface area contributed by atoms with E-state index in [1.54, 1.807) is 24.3 Å². The van der Waals surface area contributed by atoms with E-state index in [1.807, 2.05) is 0 Å². The van der Waals surface area contributed by atoms with Crippen molar-refractivity contribution in [1.82, 2.24) is 9.78 Å². The summed E-state index contributed by atoms with van der Waals surface area (Å²) in [6.07, 6.45) is 0. The quantitative estimate of drug-likeness (QED) is 0.537. The summed E-state index contributed by atoms with van der Waals surface area (Å²) >= 11 is 0. The number of rotatable bonds is 4. The normalized spacial score (nSPS) is 10.6. The molecule has 6 nitrogen and oxygen atoms in total. The number of nitrogens with zero attached hydrogens (tertiary/aromatic N) is 2. The van der Waals surface area contributed by atoms with Gasteiger partial charge in [0.15, 0.2) is 12.3 Å². The lowest BCUT2D eigenvalue weighted by Crippen LogP contribution is -2.24. The first-order valence-electron chi connectivity index (χ1n) is 7.40. The number of aryl methyl sites for hydroxylation is 1. The third-order valence-electron chi connectivity index (χ3n) is 3.66. The van der Waals surface area contributed by atoms with E-state index in [9.17, 15) is 18.8 Å². The molecule has 0 radical (unpaired) electrons. The van der Waals surface area contributed by atoms with Gasteiger partial charge in [0, 0.05) is 12.4 Å². The van der Waals surface area contributed by atoms with Crippen LogP contribution < -0.4 is 5.56 Å². The fraction of sp³-hybridized carbons (Fsp3) is 0.111. The molecule has 0 amide bonds. The monoisotopic (exact) mass is 340 g/mol. The van der Waals surface area contributed by atoms with Crippen LogP contribution in [0.2, 0.25) is 0 Å². The van der Waals surface area contributed by atoms with Gasteiger partial charge in [-0.15, -0.1) is 0 Å². The van der Waals surface area contributed by atoms with Gasteiger partial charge in [-0.05, 0) is 18.2 Å². The minimum Gasteiger partial charge on any atom is -0.452 e. The number of ether oxygens (including phenoxy) is 1. The van der Waals surface area contributed by atoms with Gasteiger partial charge >= 0.3 is 5.97 Å². The van der Waals surface area contributed by atoms with E-state index in [0.29, 0.717) is 10.8 Å². The highest BCUT2D eigenvalue weighted by atomic mass is 19.1. The molecule has 0 saturated heterocycles. The zero-order chi connectivity index (χ0) is 18.0. The third kappa shape index (κ3) is 3.16. The molecule has 25 heavy (non-hydrogen) atoms. The summed E-state index contributed by atoms with van der Waals surface area (Å²) in [6, 6.07) is 11.9. The average molecular weight is 340 g/mol. The van der Waals surface area contributed by atoms with Crippen molar-refractivity contribution in [2.75, 3.05) is 6.61 Å². The van der Waals surface area contributed by atoms with Gasteiger partial charge in [0.1, 0.15) is 5.82 Å². The van der Waals surface area contributed by atoms with Gasteiger partial charge in [-0.25, -0.2) is 13.9 Å². The van der Waals surface area contributed by atoms with E-state index < -0.39 is 24.2 Å². The van der Waals surface area contributed by atoms with E-state index >= 15 is 0 Å². The number of carbonyl (C=O) groups excluding carboxylic acids is 2. The lowest BCUT2D eigenvalue weighted by Gasteiger charge is -2.08. The highest BCUT2D eigenvalue weighted by molar-refractivity contribution is 6.04. The van der Waals surface area contributed by atoms with Crippen LogP contribution in [0.25, 0.3) is 10.8 Å². The van der Waals surface area contributed by atoms with Crippen LogP contribution in [0.15, 0.2) is 53.3 Å². The molecule has 3 aromatic rings.